The van der Waals surface area contributed by atoms with Crippen molar-refractivity contribution in [2.45, 2.75) is 32.4 Å². The van der Waals surface area contributed by atoms with Gasteiger partial charge in [-0.1, -0.05) is 0 Å². The SMILES string of the molecule is CC(C)N1CCN([C@H]2CCNC2)CC1. The quantitative estimate of drug-likeness (QED) is 0.690. The molecule has 3 nitrogen and oxygen atoms in total. The van der Waals surface area contributed by atoms with Gasteiger partial charge in [-0.15, -0.1) is 0 Å². The van der Waals surface area contributed by atoms with Gasteiger partial charge in [0.2, 0.25) is 0 Å². The van der Waals surface area contributed by atoms with Crippen molar-refractivity contribution in [1.29, 1.82) is 0 Å². The maximum absolute atomic E-state index is 3.45. The number of rotatable bonds is 2. The van der Waals surface area contributed by atoms with Crippen molar-refractivity contribution in [2.24, 2.45) is 0 Å². The van der Waals surface area contributed by atoms with Crippen LogP contribution in [0.1, 0.15) is 20.3 Å². The summed E-state index contributed by atoms with van der Waals surface area (Å²) in [6.45, 7) is 12.1. The van der Waals surface area contributed by atoms with E-state index in [1.807, 2.05) is 0 Å². The molecule has 0 unspecified atom stereocenters. The highest BCUT2D eigenvalue weighted by Gasteiger charge is 2.26. The highest BCUT2D eigenvalue weighted by atomic mass is 15.3. The maximum atomic E-state index is 3.45. The Morgan fingerprint density at radius 3 is 2.36 bits per heavy atom. The molecule has 0 aromatic rings. The normalized spacial score (nSPS) is 31.5. The van der Waals surface area contributed by atoms with Crippen molar-refractivity contribution in [3.8, 4) is 0 Å². The molecule has 0 aromatic heterocycles. The molecule has 14 heavy (non-hydrogen) atoms. The number of hydrogen-bond acceptors (Lipinski definition) is 3. The molecule has 2 aliphatic heterocycles. The molecule has 0 spiro atoms. The van der Waals surface area contributed by atoms with Crippen LogP contribution >= 0.6 is 0 Å². The third-order valence-corrected chi connectivity index (χ3v) is 3.63. The third kappa shape index (κ3) is 2.27. The summed E-state index contributed by atoms with van der Waals surface area (Å²) < 4.78 is 0. The van der Waals surface area contributed by atoms with E-state index in [0.29, 0.717) is 0 Å². The predicted molar refractivity (Wildman–Crippen MR) is 59.6 cm³/mol. The van der Waals surface area contributed by atoms with Gasteiger partial charge in [-0.2, -0.15) is 0 Å². The molecule has 0 radical (unpaired) electrons. The van der Waals surface area contributed by atoms with Crippen molar-refractivity contribution < 1.29 is 0 Å². The van der Waals surface area contributed by atoms with Crippen LogP contribution in [0.4, 0.5) is 0 Å². The second-order valence-electron chi connectivity index (χ2n) is 4.81. The smallest absolute Gasteiger partial charge is 0.0233 e. The minimum Gasteiger partial charge on any atom is -0.315 e. The molecule has 2 saturated heterocycles. The topological polar surface area (TPSA) is 18.5 Å². The monoisotopic (exact) mass is 197 g/mol. The van der Waals surface area contributed by atoms with Crippen LogP contribution in [0, 0.1) is 0 Å². The summed E-state index contributed by atoms with van der Waals surface area (Å²) in [6.07, 6.45) is 1.35. The number of piperazine rings is 1. The van der Waals surface area contributed by atoms with E-state index < -0.39 is 0 Å². The van der Waals surface area contributed by atoms with Gasteiger partial charge in [0.05, 0.1) is 0 Å². The van der Waals surface area contributed by atoms with Crippen molar-refractivity contribution in [3.63, 3.8) is 0 Å². The standard InChI is InChI=1S/C11H23N3/c1-10(2)13-5-7-14(8-6-13)11-3-4-12-9-11/h10-12H,3-9H2,1-2H3/t11-/m0/s1. The Balaban J connectivity index is 1.77. The van der Waals surface area contributed by atoms with Gasteiger partial charge in [0.25, 0.3) is 0 Å². The van der Waals surface area contributed by atoms with Crippen molar-refractivity contribution in [1.82, 2.24) is 15.1 Å². The lowest BCUT2D eigenvalue weighted by molar-refractivity contribution is 0.0838. The average Bonchev–Trinajstić information content (AvgIpc) is 2.71. The van der Waals surface area contributed by atoms with Crippen LogP contribution in [-0.4, -0.2) is 61.2 Å². The summed E-state index contributed by atoms with van der Waals surface area (Å²) in [7, 11) is 0. The Hall–Kier alpha value is -0.120. The van der Waals surface area contributed by atoms with E-state index >= 15 is 0 Å². The molecule has 0 bridgehead atoms. The predicted octanol–water partition coefficient (Wildman–Crippen LogP) is 0.374. The van der Waals surface area contributed by atoms with E-state index in [1.54, 1.807) is 0 Å². The maximum Gasteiger partial charge on any atom is 0.0233 e. The van der Waals surface area contributed by atoms with Crippen LogP contribution in [0.3, 0.4) is 0 Å². The first kappa shape index (κ1) is 10.4. The van der Waals surface area contributed by atoms with Crippen LogP contribution in [0.2, 0.25) is 0 Å². The van der Waals surface area contributed by atoms with Crippen LogP contribution in [0.5, 0.6) is 0 Å². The molecule has 82 valence electrons. The molecule has 3 heteroatoms. The minimum absolute atomic E-state index is 0.721. The highest BCUT2D eigenvalue weighted by molar-refractivity contribution is 4.84. The molecule has 1 atom stereocenters. The number of nitrogens with one attached hydrogen (secondary N) is 1. The fourth-order valence-corrected chi connectivity index (χ4v) is 2.57. The molecule has 0 amide bonds. The first-order valence-electron chi connectivity index (χ1n) is 5.96. The molecule has 2 heterocycles. The van der Waals surface area contributed by atoms with Gasteiger partial charge >= 0.3 is 0 Å². The van der Waals surface area contributed by atoms with E-state index in [1.165, 1.54) is 45.7 Å². The second-order valence-corrected chi connectivity index (χ2v) is 4.81. The molecular weight excluding hydrogens is 174 g/mol. The molecule has 2 rings (SSSR count). The Bertz CT molecular complexity index is 167. The van der Waals surface area contributed by atoms with Gasteiger partial charge in [0, 0.05) is 44.8 Å². The molecule has 1 N–H and O–H groups in total. The van der Waals surface area contributed by atoms with E-state index in [2.05, 4.69) is 29.0 Å². The number of hydrogen-bond donors (Lipinski definition) is 1. The average molecular weight is 197 g/mol. The molecule has 0 aromatic carbocycles. The third-order valence-electron chi connectivity index (χ3n) is 3.63. The van der Waals surface area contributed by atoms with Crippen LogP contribution < -0.4 is 5.32 Å². The summed E-state index contributed by atoms with van der Waals surface area (Å²) in [5, 5.41) is 3.45. The van der Waals surface area contributed by atoms with E-state index in [0.717, 1.165) is 12.1 Å². The molecule has 0 aliphatic carbocycles. The lowest BCUT2D eigenvalue weighted by Gasteiger charge is -2.39. The summed E-state index contributed by atoms with van der Waals surface area (Å²) in [5.41, 5.74) is 0. The lowest BCUT2D eigenvalue weighted by atomic mass is 10.1. The Labute approximate surface area is 87.4 Å². The molecule has 2 aliphatic rings. The Morgan fingerprint density at radius 2 is 1.86 bits per heavy atom. The Kier molecular flexibility index (Phi) is 3.42. The van der Waals surface area contributed by atoms with Gasteiger partial charge in [-0.05, 0) is 26.8 Å². The van der Waals surface area contributed by atoms with Gasteiger partial charge in [0.1, 0.15) is 0 Å². The fraction of sp³-hybridized carbons (Fsp3) is 1.00. The van der Waals surface area contributed by atoms with E-state index in [-0.39, 0.29) is 0 Å². The Morgan fingerprint density at radius 1 is 1.14 bits per heavy atom. The van der Waals surface area contributed by atoms with Gasteiger partial charge < -0.3 is 5.32 Å². The zero-order chi connectivity index (χ0) is 9.97. The fourth-order valence-electron chi connectivity index (χ4n) is 2.57. The molecule has 0 saturated carbocycles. The zero-order valence-corrected chi connectivity index (χ0v) is 9.50. The van der Waals surface area contributed by atoms with Crippen LogP contribution in [0.15, 0.2) is 0 Å². The van der Waals surface area contributed by atoms with Crippen LogP contribution in [0.25, 0.3) is 0 Å². The van der Waals surface area contributed by atoms with Crippen molar-refractivity contribution in [3.05, 3.63) is 0 Å². The largest absolute Gasteiger partial charge is 0.315 e. The second kappa shape index (κ2) is 4.60. The summed E-state index contributed by atoms with van der Waals surface area (Å²) in [6, 6.07) is 1.54. The summed E-state index contributed by atoms with van der Waals surface area (Å²) in [5.74, 6) is 0. The lowest BCUT2D eigenvalue weighted by Crippen LogP contribution is -2.52. The summed E-state index contributed by atoms with van der Waals surface area (Å²) in [4.78, 5) is 5.25. The molecule has 2 fully saturated rings. The minimum atomic E-state index is 0.721. The highest BCUT2D eigenvalue weighted by Crippen LogP contribution is 2.13. The first-order valence-corrected chi connectivity index (χ1v) is 5.96. The number of nitrogens with zero attached hydrogens (tertiary/aromatic N) is 2. The van der Waals surface area contributed by atoms with Crippen molar-refractivity contribution in [2.75, 3.05) is 39.3 Å². The van der Waals surface area contributed by atoms with Crippen LogP contribution in [-0.2, 0) is 0 Å². The first-order chi connectivity index (χ1) is 6.77. The van der Waals surface area contributed by atoms with Gasteiger partial charge in [-0.25, -0.2) is 0 Å². The van der Waals surface area contributed by atoms with Gasteiger partial charge in [0.15, 0.2) is 0 Å². The van der Waals surface area contributed by atoms with Gasteiger partial charge in [-0.3, -0.25) is 9.80 Å². The van der Waals surface area contributed by atoms with E-state index in [9.17, 15) is 0 Å². The van der Waals surface area contributed by atoms with E-state index in [4.69, 9.17) is 0 Å². The summed E-state index contributed by atoms with van der Waals surface area (Å²) >= 11 is 0. The molecular formula is C11H23N3. The van der Waals surface area contributed by atoms with Crippen molar-refractivity contribution >= 4 is 0 Å². The zero-order valence-electron chi connectivity index (χ0n) is 9.50.